The number of carbonyl (C=O) groups excluding carboxylic acids is 1. The number of aromatic nitrogens is 3. The first-order valence-electron chi connectivity index (χ1n) is 8.96. The Balaban J connectivity index is 1.77. The SMILES string of the molecule is C=CCn1c(S[C@H](C)C(=O)N(C)[C@@H]2CCS(=O)(=O)C2)nnc1-c1ccoc1C. The van der Waals surface area contributed by atoms with E-state index in [1.807, 2.05) is 17.6 Å². The zero-order chi connectivity index (χ0) is 20.5. The summed E-state index contributed by atoms with van der Waals surface area (Å²) >= 11 is 1.30. The minimum Gasteiger partial charge on any atom is -0.469 e. The van der Waals surface area contributed by atoms with E-state index in [1.165, 1.54) is 11.8 Å². The van der Waals surface area contributed by atoms with Crippen LogP contribution in [0.2, 0.25) is 0 Å². The van der Waals surface area contributed by atoms with Crippen LogP contribution in [0, 0.1) is 6.92 Å². The number of amides is 1. The molecular formula is C18H24N4O4S2. The van der Waals surface area contributed by atoms with E-state index >= 15 is 0 Å². The fourth-order valence-corrected chi connectivity index (χ4v) is 5.98. The second-order valence-electron chi connectivity index (χ2n) is 6.86. The van der Waals surface area contributed by atoms with Crippen LogP contribution in [-0.2, 0) is 21.2 Å². The summed E-state index contributed by atoms with van der Waals surface area (Å²) < 4.78 is 30.7. The quantitative estimate of drug-likeness (QED) is 0.496. The molecule has 2 aromatic rings. The second kappa shape index (κ2) is 8.12. The summed E-state index contributed by atoms with van der Waals surface area (Å²) in [6.07, 6.45) is 3.83. The van der Waals surface area contributed by atoms with Gasteiger partial charge in [0, 0.05) is 19.6 Å². The van der Waals surface area contributed by atoms with E-state index in [4.69, 9.17) is 4.42 Å². The van der Waals surface area contributed by atoms with Crippen molar-refractivity contribution in [3.05, 3.63) is 30.7 Å². The van der Waals surface area contributed by atoms with E-state index in [-0.39, 0.29) is 23.5 Å². The largest absolute Gasteiger partial charge is 0.469 e. The summed E-state index contributed by atoms with van der Waals surface area (Å²) in [5.41, 5.74) is 0.841. The molecule has 1 amide bonds. The molecule has 3 heterocycles. The number of nitrogens with zero attached hydrogens (tertiary/aromatic N) is 4. The van der Waals surface area contributed by atoms with Crippen molar-refractivity contribution in [1.82, 2.24) is 19.7 Å². The molecular weight excluding hydrogens is 400 g/mol. The predicted molar refractivity (Wildman–Crippen MR) is 108 cm³/mol. The Bertz CT molecular complexity index is 980. The second-order valence-corrected chi connectivity index (χ2v) is 10.4. The van der Waals surface area contributed by atoms with Gasteiger partial charge in [-0.25, -0.2) is 8.42 Å². The van der Waals surface area contributed by atoms with Crippen LogP contribution in [0.25, 0.3) is 11.4 Å². The molecule has 0 radical (unpaired) electrons. The van der Waals surface area contributed by atoms with Crippen molar-refractivity contribution in [2.75, 3.05) is 18.6 Å². The van der Waals surface area contributed by atoms with Crippen LogP contribution in [0.1, 0.15) is 19.1 Å². The van der Waals surface area contributed by atoms with Crippen LogP contribution in [0.4, 0.5) is 0 Å². The van der Waals surface area contributed by atoms with Gasteiger partial charge in [-0.2, -0.15) is 0 Å². The minimum absolute atomic E-state index is 0.0309. The Morgan fingerprint density at radius 2 is 2.29 bits per heavy atom. The van der Waals surface area contributed by atoms with Crippen LogP contribution in [0.3, 0.4) is 0 Å². The number of thioether (sulfide) groups is 1. The minimum atomic E-state index is -3.05. The van der Waals surface area contributed by atoms with Gasteiger partial charge in [-0.15, -0.1) is 16.8 Å². The highest BCUT2D eigenvalue weighted by atomic mass is 32.2. The predicted octanol–water partition coefficient (Wildman–Crippen LogP) is 2.16. The van der Waals surface area contributed by atoms with Crippen LogP contribution in [-0.4, -0.2) is 63.8 Å². The number of furan rings is 1. The van der Waals surface area contributed by atoms with Gasteiger partial charge >= 0.3 is 0 Å². The van der Waals surface area contributed by atoms with Crippen LogP contribution in [0.5, 0.6) is 0 Å². The molecule has 0 bridgehead atoms. The third kappa shape index (κ3) is 4.17. The van der Waals surface area contributed by atoms with Crippen molar-refractivity contribution < 1.29 is 17.6 Å². The van der Waals surface area contributed by atoms with E-state index in [0.717, 1.165) is 11.3 Å². The number of allylic oxidation sites excluding steroid dienone is 1. The topological polar surface area (TPSA) is 98.3 Å². The van der Waals surface area contributed by atoms with E-state index in [9.17, 15) is 13.2 Å². The summed E-state index contributed by atoms with van der Waals surface area (Å²) in [6, 6.07) is 1.56. The summed E-state index contributed by atoms with van der Waals surface area (Å²) in [7, 11) is -1.38. The summed E-state index contributed by atoms with van der Waals surface area (Å²) in [5, 5.41) is 8.70. The monoisotopic (exact) mass is 424 g/mol. The lowest BCUT2D eigenvalue weighted by Gasteiger charge is -2.26. The fourth-order valence-electron chi connectivity index (χ4n) is 3.24. The van der Waals surface area contributed by atoms with E-state index in [0.29, 0.717) is 23.9 Å². The zero-order valence-electron chi connectivity index (χ0n) is 16.2. The van der Waals surface area contributed by atoms with Gasteiger partial charge in [0.1, 0.15) is 5.76 Å². The number of hydrogen-bond donors (Lipinski definition) is 0. The van der Waals surface area contributed by atoms with Crippen molar-refractivity contribution in [1.29, 1.82) is 0 Å². The number of sulfone groups is 1. The molecule has 3 rings (SSSR count). The Morgan fingerprint density at radius 1 is 1.54 bits per heavy atom. The lowest BCUT2D eigenvalue weighted by Crippen LogP contribution is -2.41. The van der Waals surface area contributed by atoms with Crippen molar-refractivity contribution in [3.63, 3.8) is 0 Å². The highest BCUT2D eigenvalue weighted by Crippen LogP contribution is 2.30. The normalized spacial score (nSPS) is 19.5. The standard InChI is InChI=1S/C18H24N4O4S2/c1-5-8-22-16(15-6-9-26-12(15)2)19-20-18(22)27-13(3)17(23)21(4)14-7-10-28(24,25)11-14/h5-6,9,13-14H,1,7-8,10-11H2,2-4H3/t13-,14-/m1/s1. The van der Waals surface area contributed by atoms with E-state index in [1.54, 1.807) is 31.2 Å². The van der Waals surface area contributed by atoms with Gasteiger partial charge in [0.25, 0.3) is 0 Å². The molecule has 2 aromatic heterocycles. The van der Waals surface area contributed by atoms with Crippen LogP contribution >= 0.6 is 11.8 Å². The van der Waals surface area contributed by atoms with Crippen LogP contribution in [0.15, 0.2) is 34.6 Å². The molecule has 0 unspecified atom stereocenters. The third-order valence-corrected chi connectivity index (χ3v) is 7.68. The Hall–Kier alpha value is -2.07. The van der Waals surface area contributed by atoms with Crippen molar-refractivity contribution in [3.8, 4) is 11.4 Å². The maximum Gasteiger partial charge on any atom is 0.235 e. The average Bonchev–Trinajstić information content (AvgIpc) is 3.33. The Kier molecular flexibility index (Phi) is 5.99. The van der Waals surface area contributed by atoms with Gasteiger partial charge in [-0.3, -0.25) is 9.36 Å². The molecule has 0 saturated carbocycles. The first kappa shape index (κ1) is 20.7. The average molecular weight is 425 g/mol. The highest BCUT2D eigenvalue weighted by Gasteiger charge is 2.34. The van der Waals surface area contributed by atoms with Crippen LogP contribution < -0.4 is 0 Å². The molecule has 8 nitrogen and oxygen atoms in total. The number of hydrogen-bond acceptors (Lipinski definition) is 7. The number of aryl methyl sites for hydroxylation is 1. The van der Waals surface area contributed by atoms with Gasteiger partial charge < -0.3 is 9.32 Å². The third-order valence-electron chi connectivity index (χ3n) is 4.86. The van der Waals surface area contributed by atoms with Gasteiger partial charge in [0.2, 0.25) is 5.91 Å². The molecule has 1 aliphatic rings. The Morgan fingerprint density at radius 3 is 2.86 bits per heavy atom. The summed E-state index contributed by atoms with van der Waals surface area (Å²) in [6.45, 7) is 7.93. The van der Waals surface area contributed by atoms with Gasteiger partial charge in [-0.05, 0) is 26.3 Å². The molecule has 1 fully saturated rings. The lowest BCUT2D eigenvalue weighted by molar-refractivity contribution is -0.130. The highest BCUT2D eigenvalue weighted by molar-refractivity contribution is 8.00. The van der Waals surface area contributed by atoms with Gasteiger partial charge in [-0.1, -0.05) is 17.8 Å². The lowest BCUT2D eigenvalue weighted by atomic mass is 10.2. The first-order valence-corrected chi connectivity index (χ1v) is 11.7. The van der Waals surface area contributed by atoms with Crippen molar-refractivity contribution >= 4 is 27.5 Å². The number of carbonyl (C=O) groups is 1. The van der Waals surface area contributed by atoms with E-state index in [2.05, 4.69) is 16.8 Å². The molecule has 1 saturated heterocycles. The fraction of sp³-hybridized carbons (Fsp3) is 0.500. The molecule has 0 aliphatic carbocycles. The maximum atomic E-state index is 12.8. The molecule has 0 N–H and O–H groups in total. The molecule has 10 heteroatoms. The molecule has 152 valence electrons. The molecule has 1 aliphatic heterocycles. The van der Waals surface area contributed by atoms with E-state index < -0.39 is 15.1 Å². The molecule has 0 spiro atoms. The van der Waals surface area contributed by atoms with Crippen molar-refractivity contribution in [2.45, 2.75) is 43.3 Å². The summed E-state index contributed by atoms with van der Waals surface area (Å²) in [5.74, 6) is 1.44. The molecule has 2 atom stereocenters. The summed E-state index contributed by atoms with van der Waals surface area (Å²) in [4.78, 5) is 14.4. The first-order chi connectivity index (χ1) is 13.2. The van der Waals surface area contributed by atoms with Gasteiger partial charge in [0.15, 0.2) is 20.8 Å². The molecule has 28 heavy (non-hydrogen) atoms. The smallest absolute Gasteiger partial charge is 0.235 e. The number of rotatable bonds is 7. The zero-order valence-corrected chi connectivity index (χ0v) is 17.8. The maximum absolute atomic E-state index is 12.8. The van der Waals surface area contributed by atoms with Crippen molar-refractivity contribution in [2.24, 2.45) is 0 Å². The Labute approximate surface area is 168 Å². The van der Waals surface area contributed by atoms with Gasteiger partial charge in [0.05, 0.1) is 28.6 Å². The molecule has 0 aromatic carbocycles.